The zero-order valence-corrected chi connectivity index (χ0v) is 12.7. The van der Waals surface area contributed by atoms with Crippen LogP contribution in [-0.2, 0) is 0 Å². The SMILES string of the molecule is COc1ccccc1C(=O)C(C)NC(C)c1ccccc1. The third-order valence-electron chi connectivity index (χ3n) is 3.57. The van der Waals surface area contributed by atoms with Gasteiger partial charge in [0.2, 0.25) is 0 Å². The predicted octanol–water partition coefficient (Wildman–Crippen LogP) is 3.62. The van der Waals surface area contributed by atoms with Gasteiger partial charge in [0.25, 0.3) is 0 Å². The standard InChI is InChI=1S/C18H21NO2/c1-13(15-9-5-4-6-10-15)19-14(2)18(20)16-11-7-8-12-17(16)21-3/h4-14,19H,1-3H3. The van der Waals surface area contributed by atoms with Crippen molar-refractivity contribution < 1.29 is 9.53 Å². The fourth-order valence-corrected chi connectivity index (χ4v) is 2.37. The largest absolute Gasteiger partial charge is 0.496 e. The van der Waals surface area contributed by atoms with E-state index in [2.05, 4.69) is 24.4 Å². The van der Waals surface area contributed by atoms with Gasteiger partial charge < -0.3 is 10.1 Å². The fourth-order valence-electron chi connectivity index (χ4n) is 2.37. The smallest absolute Gasteiger partial charge is 0.183 e. The Bertz CT molecular complexity index is 595. The summed E-state index contributed by atoms with van der Waals surface area (Å²) < 4.78 is 5.26. The summed E-state index contributed by atoms with van der Waals surface area (Å²) in [5.74, 6) is 0.652. The van der Waals surface area contributed by atoms with Crippen molar-refractivity contribution in [3.05, 3.63) is 65.7 Å². The Morgan fingerprint density at radius 1 is 1.00 bits per heavy atom. The van der Waals surface area contributed by atoms with Crippen LogP contribution in [0.5, 0.6) is 5.75 Å². The molecule has 0 saturated heterocycles. The lowest BCUT2D eigenvalue weighted by molar-refractivity contribution is 0.0942. The van der Waals surface area contributed by atoms with Crippen molar-refractivity contribution in [2.24, 2.45) is 0 Å². The van der Waals surface area contributed by atoms with Crippen LogP contribution in [0.1, 0.15) is 35.8 Å². The van der Waals surface area contributed by atoms with Gasteiger partial charge in [-0.3, -0.25) is 4.79 Å². The van der Waals surface area contributed by atoms with E-state index in [9.17, 15) is 4.79 Å². The molecule has 0 saturated carbocycles. The Morgan fingerprint density at radius 3 is 2.29 bits per heavy atom. The van der Waals surface area contributed by atoms with Crippen LogP contribution in [0.3, 0.4) is 0 Å². The Labute approximate surface area is 126 Å². The van der Waals surface area contributed by atoms with Gasteiger partial charge in [-0.15, -0.1) is 0 Å². The second-order valence-corrected chi connectivity index (χ2v) is 5.09. The van der Waals surface area contributed by atoms with Crippen LogP contribution in [0.2, 0.25) is 0 Å². The van der Waals surface area contributed by atoms with Crippen LogP contribution in [0, 0.1) is 0 Å². The van der Waals surface area contributed by atoms with E-state index in [-0.39, 0.29) is 17.9 Å². The lowest BCUT2D eigenvalue weighted by atomic mass is 10.0. The van der Waals surface area contributed by atoms with E-state index in [1.807, 2.05) is 37.3 Å². The van der Waals surface area contributed by atoms with Crippen molar-refractivity contribution in [2.75, 3.05) is 7.11 Å². The van der Waals surface area contributed by atoms with Crippen molar-refractivity contribution in [3.8, 4) is 5.75 Å². The highest BCUT2D eigenvalue weighted by molar-refractivity contribution is 6.02. The summed E-state index contributed by atoms with van der Waals surface area (Å²) in [5, 5.41) is 3.34. The first-order valence-electron chi connectivity index (χ1n) is 7.11. The normalized spacial score (nSPS) is 13.5. The van der Waals surface area contributed by atoms with E-state index in [0.29, 0.717) is 11.3 Å². The molecule has 1 N–H and O–H groups in total. The maximum absolute atomic E-state index is 12.5. The first-order chi connectivity index (χ1) is 10.1. The summed E-state index contributed by atoms with van der Waals surface area (Å²) in [5.41, 5.74) is 1.78. The molecular weight excluding hydrogens is 262 g/mol. The zero-order chi connectivity index (χ0) is 15.2. The second-order valence-electron chi connectivity index (χ2n) is 5.09. The number of hydrogen-bond acceptors (Lipinski definition) is 3. The second kappa shape index (κ2) is 7.04. The number of ether oxygens (including phenoxy) is 1. The lowest BCUT2D eigenvalue weighted by Gasteiger charge is -2.20. The van der Waals surface area contributed by atoms with Crippen LogP contribution < -0.4 is 10.1 Å². The highest BCUT2D eigenvalue weighted by atomic mass is 16.5. The van der Waals surface area contributed by atoms with Crippen LogP contribution in [0.4, 0.5) is 0 Å². The van der Waals surface area contributed by atoms with E-state index in [0.717, 1.165) is 5.56 Å². The van der Waals surface area contributed by atoms with Gasteiger partial charge in [0.05, 0.1) is 18.7 Å². The molecule has 3 heteroatoms. The Hall–Kier alpha value is -2.13. The van der Waals surface area contributed by atoms with Crippen molar-refractivity contribution >= 4 is 5.78 Å². The summed E-state index contributed by atoms with van der Waals surface area (Å²) in [6.45, 7) is 3.94. The molecule has 2 aromatic carbocycles. The van der Waals surface area contributed by atoms with Crippen molar-refractivity contribution in [1.82, 2.24) is 5.32 Å². The van der Waals surface area contributed by atoms with Gasteiger partial charge in [0, 0.05) is 6.04 Å². The predicted molar refractivity (Wildman–Crippen MR) is 84.8 cm³/mol. The molecule has 110 valence electrons. The molecule has 0 bridgehead atoms. The molecule has 0 spiro atoms. The Balaban J connectivity index is 2.09. The van der Waals surface area contributed by atoms with E-state index >= 15 is 0 Å². The van der Waals surface area contributed by atoms with Gasteiger partial charge in [-0.2, -0.15) is 0 Å². The van der Waals surface area contributed by atoms with E-state index in [4.69, 9.17) is 4.74 Å². The number of ketones is 1. The number of carbonyl (C=O) groups is 1. The first kappa shape index (κ1) is 15.3. The van der Waals surface area contributed by atoms with Gasteiger partial charge in [0.1, 0.15) is 5.75 Å². The monoisotopic (exact) mass is 283 g/mol. The van der Waals surface area contributed by atoms with E-state index < -0.39 is 0 Å². The molecular formula is C18H21NO2. The average molecular weight is 283 g/mol. The average Bonchev–Trinajstić information content (AvgIpc) is 2.54. The van der Waals surface area contributed by atoms with Crippen molar-refractivity contribution in [3.63, 3.8) is 0 Å². The number of methoxy groups -OCH3 is 1. The summed E-state index contributed by atoms with van der Waals surface area (Å²) >= 11 is 0. The highest BCUT2D eigenvalue weighted by Gasteiger charge is 2.20. The van der Waals surface area contributed by atoms with Gasteiger partial charge in [-0.25, -0.2) is 0 Å². The summed E-state index contributed by atoms with van der Waals surface area (Å²) in [6.07, 6.45) is 0. The highest BCUT2D eigenvalue weighted by Crippen LogP contribution is 2.20. The van der Waals surface area contributed by atoms with Crippen LogP contribution in [0.15, 0.2) is 54.6 Å². The van der Waals surface area contributed by atoms with Gasteiger partial charge >= 0.3 is 0 Å². The van der Waals surface area contributed by atoms with Crippen LogP contribution >= 0.6 is 0 Å². The maximum Gasteiger partial charge on any atom is 0.183 e. The maximum atomic E-state index is 12.5. The minimum absolute atomic E-state index is 0.0373. The Kier molecular flexibility index (Phi) is 5.12. The third kappa shape index (κ3) is 3.70. The first-order valence-corrected chi connectivity index (χ1v) is 7.11. The zero-order valence-electron chi connectivity index (χ0n) is 12.7. The topological polar surface area (TPSA) is 38.3 Å². The minimum atomic E-state index is -0.281. The van der Waals surface area contributed by atoms with E-state index in [1.165, 1.54) is 0 Å². The molecule has 0 aliphatic carbocycles. The Morgan fingerprint density at radius 2 is 1.62 bits per heavy atom. The summed E-state index contributed by atoms with van der Waals surface area (Å²) in [7, 11) is 1.58. The summed E-state index contributed by atoms with van der Waals surface area (Å²) in [6, 6.07) is 17.2. The molecule has 21 heavy (non-hydrogen) atoms. The number of hydrogen-bond donors (Lipinski definition) is 1. The molecule has 0 radical (unpaired) electrons. The van der Waals surface area contributed by atoms with E-state index in [1.54, 1.807) is 19.2 Å². The number of Topliss-reactive ketones (excluding diaryl/α,β-unsaturated/α-hetero) is 1. The molecule has 2 aromatic rings. The molecule has 0 aromatic heterocycles. The van der Waals surface area contributed by atoms with Crippen molar-refractivity contribution in [2.45, 2.75) is 25.9 Å². The van der Waals surface area contributed by atoms with Gasteiger partial charge in [-0.05, 0) is 31.5 Å². The van der Waals surface area contributed by atoms with Gasteiger partial charge in [-0.1, -0.05) is 42.5 Å². The molecule has 0 heterocycles. The number of carbonyl (C=O) groups excluding carboxylic acids is 1. The molecule has 2 rings (SSSR count). The fraction of sp³-hybridized carbons (Fsp3) is 0.278. The number of benzene rings is 2. The number of nitrogens with one attached hydrogen (secondary N) is 1. The molecule has 2 unspecified atom stereocenters. The number of para-hydroxylation sites is 1. The van der Waals surface area contributed by atoms with Crippen LogP contribution in [0.25, 0.3) is 0 Å². The molecule has 3 nitrogen and oxygen atoms in total. The quantitative estimate of drug-likeness (QED) is 0.823. The lowest BCUT2D eigenvalue weighted by Crippen LogP contribution is -2.36. The van der Waals surface area contributed by atoms with Crippen LogP contribution in [-0.4, -0.2) is 18.9 Å². The summed E-state index contributed by atoms with van der Waals surface area (Å²) in [4.78, 5) is 12.5. The minimum Gasteiger partial charge on any atom is -0.496 e. The third-order valence-corrected chi connectivity index (χ3v) is 3.57. The van der Waals surface area contributed by atoms with Gasteiger partial charge in [0.15, 0.2) is 5.78 Å². The number of rotatable bonds is 6. The molecule has 0 fully saturated rings. The molecule has 0 aliphatic rings. The molecule has 0 aliphatic heterocycles. The molecule has 2 atom stereocenters. The van der Waals surface area contributed by atoms with Crippen molar-refractivity contribution in [1.29, 1.82) is 0 Å². The molecule has 0 amide bonds.